The quantitative estimate of drug-likeness (QED) is 0.764. The number of ether oxygens (including phenoxy) is 1. The van der Waals surface area contributed by atoms with Crippen molar-refractivity contribution in [2.75, 3.05) is 26.3 Å². The molecule has 1 N–H and O–H groups in total. The standard InChI is InChI=1S/C12H17NO4/c14-10(3-7-1-2-17-6-7)13-4-8-9(5-13)11(8)12(15)16/h7-9,11H,1-6H2,(H,15,16)/t7?,8-,9+,11?. The van der Waals surface area contributed by atoms with Crippen LogP contribution in [0.25, 0.3) is 0 Å². The van der Waals surface area contributed by atoms with E-state index in [0.717, 1.165) is 13.0 Å². The lowest BCUT2D eigenvalue weighted by Crippen LogP contribution is -2.33. The molecule has 5 nitrogen and oxygen atoms in total. The van der Waals surface area contributed by atoms with Crippen LogP contribution in [0.1, 0.15) is 12.8 Å². The van der Waals surface area contributed by atoms with E-state index in [-0.39, 0.29) is 23.7 Å². The number of carbonyl (C=O) groups is 2. The predicted molar refractivity (Wildman–Crippen MR) is 58.2 cm³/mol. The molecule has 1 amide bonds. The summed E-state index contributed by atoms with van der Waals surface area (Å²) >= 11 is 0. The first-order valence-corrected chi connectivity index (χ1v) is 6.25. The van der Waals surface area contributed by atoms with Gasteiger partial charge in [0.1, 0.15) is 0 Å². The Morgan fingerprint density at radius 1 is 1.29 bits per heavy atom. The van der Waals surface area contributed by atoms with Crippen molar-refractivity contribution in [3.8, 4) is 0 Å². The number of amides is 1. The van der Waals surface area contributed by atoms with Crippen molar-refractivity contribution >= 4 is 11.9 Å². The minimum atomic E-state index is -0.698. The number of nitrogens with zero attached hydrogens (tertiary/aromatic N) is 1. The molecule has 4 atom stereocenters. The number of hydrogen-bond acceptors (Lipinski definition) is 3. The minimum Gasteiger partial charge on any atom is -0.481 e. The van der Waals surface area contributed by atoms with Crippen LogP contribution in [0.15, 0.2) is 0 Å². The molecule has 3 rings (SSSR count). The number of piperidine rings is 1. The third-order valence-corrected chi connectivity index (χ3v) is 4.32. The van der Waals surface area contributed by atoms with Crippen LogP contribution in [-0.2, 0) is 14.3 Å². The average molecular weight is 239 g/mol. The van der Waals surface area contributed by atoms with E-state index in [1.165, 1.54) is 0 Å². The Morgan fingerprint density at radius 3 is 2.53 bits per heavy atom. The van der Waals surface area contributed by atoms with E-state index < -0.39 is 5.97 Å². The highest BCUT2D eigenvalue weighted by Gasteiger charge is 2.60. The molecule has 0 aromatic carbocycles. The van der Waals surface area contributed by atoms with E-state index in [2.05, 4.69) is 0 Å². The monoisotopic (exact) mass is 239 g/mol. The molecule has 5 heteroatoms. The number of carboxylic acids is 1. The Bertz CT molecular complexity index is 338. The van der Waals surface area contributed by atoms with Crippen LogP contribution in [0.5, 0.6) is 0 Å². The summed E-state index contributed by atoms with van der Waals surface area (Å²) in [6.45, 7) is 2.76. The first-order chi connectivity index (χ1) is 8.16. The normalized spacial score (nSPS) is 39.2. The molecule has 2 aliphatic heterocycles. The van der Waals surface area contributed by atoms with Crippen LogP contribution in [0, 0.1) is 23.7 Å². The van der Waals surface area contributed by atoms with Gasteiger partial charge >= 0.3 is 5.97 Å². The highest BCUT2D eigenvalue weighted by Crippen LogP contribution is 2.51. The van der Waals surface area contributed by atoms with Crippen molar-refractivity contribution in [2.24, 2.45) is 23.7 Å². The van der Waals surface area contributed by atoms with E-state index in [1.807, 2.05) is 4.90 Å². The number of carboxylic acid groups (broad SMARTS) is 1. The summed E-state index contributed by atoms with van der Waals surface area (Å²) in [5, 5.41) is 8.89. The van der Waals surface area contributed by atoms with Crippen molar-refractivity contribution in [2.45, 2.75) is 12.8 Å². The van der Waals surface area contributed by atoms with Gasteiger partial charge in [0.05, 0.1) is 5.92 Å². The van der Waals surface area contributed by atoms with Crippen LogP contribution in [-0.4, -0.2) is 48.2 Å². The molecule has 0 spiro atoms. The van der Waals surface area contributed by atoms with Gasteiger partial charge in [-0.2, -0.15) is 0 Å². The predicted octanol–water partition coefficient (Wildman–Crippen LogP) is 0.202. The van der Waals surface area contributed by atoms with Crippen LogP contribution in [0.4, 0.5) is 0 Å². The van der Waals surface area contributed by atoms with E-state index in [0.29, 0.717) is 32.0 Å². The number of aliphatic carboxylic acids is 1. The van der Waals surface area contributed by atoms with Gasteiger partial charge < -0.3 is 14.7 Å². The van der Waals surface area contributed by atoms with Crippen LogP contribution >= 0.6 is 0 Å². The Hall–Kier alpha value is -1.10. The number of likely N-dealkylation sites (tertiary alicyclic amines) is 1. The minimum absolute atomic E-state index is 0.178. The lowest BCUT2D eigenvalue weighted by Gasteiger charge is -2.20. The van der Waals surface area contributed by atoms with Crippen molar-refractivity contribution in [1.82, 2.24) is 4.90 Å². The summed E-state index contributed by atoms with van der Waals surface area (Å²) in [4.78, 5) is 24.6. The van der Waals surface area contributed by atoms with Crippen molar-refractivity contribution in [1.29, 1.82) is 0 Å². The van der Waals surface area contributed by atoms with Crippen LogP contribution in [0.2, 0.25) is 0 Å². The SMILES string of the molecule is O=C(O)C1[C@H]2CN(C(=O)CC3CCOC3)C[C@@H]12. The summed E-state index contributed by atoms with van der Waals surface area (Å²) in [7, 11) is 0. The summed E-state index contributed by atoms with van der Waals surface area (Å²) in [5.74, 6) is 0.101. The Kier molecular flexibility index (Phi) is 2.58. The van der Waals surface area contributed by atoms with Crippen molar-refractivity contribution in [3.63, 3.8) is 0 Å². The van der Waals surface area contributed by atoms with E-state index in [9.17, 15) is 9.59 Å². The second kappa shape index (κ2) is 3.98. The first-order valence-electron chi connectivity index (χ1n) is 6.25. The molecular formula is C12H17NO4. The van der Waals surface area contributed by atoms with E-state index in [4.69, 9.17) is 9.84 Å². The van der Waals surface area contributed by atoms with Gasteiger partial charge in [0.25, 0.3) is 0 Å². The van der Waals surface area contributed by atoms with E-state index >= 15 is 0 Å². The molecule has 3 aliphatic rings. The summed E-state index contributed by atoms with van der Waals surface area (Å²) in [5.41, 5.74) is 0. The molecule has 0 bridgehead atoms. The number of carbonyl (C=O) groups excluding carboxylic acids is 1. The number of fused-ring (bicyclic) bond motifs is 1. The maximum atomic E-state index is 12.0. The summed E-state index contributed by atoms with van der Waals surface area (Å²) < 4.78 is 5.25. The van der Waals surface area contributed by atoms with Gasteiger partial charge in [0.2, 0.25) is 5.91 Å². The second-order valence-corrected chi connectivity index (χ2v) is 5.42. The molecule has 17 heavy (non-hydrogen) atoms. The molecule has 0 aromatic heterocycles. The Balaban J connectivity index is 1.48. The third-order valence-electron chi connectivity index (χ3n) is 4.32. The molecule has 1 aliphatic carbocycles. The maximum absolute atomic E-state index is 12.0. The third kappa shape index (κ3) is 1.92. The fraction of sp³-hybridized carbons (Fsp3) is 0.833. The molecule has 0 aromatic rings. The summed E-state index contributed by atoms with van der Waals surface area (Å²) in [6.07, 6.45) is 1.54. The first kappa shape index (κ1) is 11.0. The lowest BCUT2D eigenvalue weighted by molar-refractivity contribution is -0.141. The van der Waals surface area contributed by atoms with Crippen molar-refractivity contribution in [3.05, 3.63) is 0 Å². The van der Waals surface area contributed by atoms with Crippen LogP contribution in [0.3, 0.4) is 0 Å². The molecular weight excluding hydrogens is 222 g/mol. The molecule has 2 unspecified atom stereocenters. The van der Waals surface area contributed by atoms with Gasteiger partial charge in [-0.1, -0.05) is 0 Å². The fourth-order valence-electron chi connectivity index (χ4n) is 3.22. The van der Waals surface area contributed by atoms with Gasteiger partial charge in [-0.25, -0.2) is 0 Å². The van der Waals surface area contributed by atoms with E-state index in [1.54, 1.807) is 0 Å². The zero-order valence-corrected chi connectivity index (χ0v) is 9.67. The zero-order valence-electron chi connectivity index (χ0n) is 9.67. The van der Waals surface area contributed by atoms with Crippen LogP contribution < -0.4 is 0 Å². The molecule has 2 heterocycles. The topological polar surface area (TPSA) is 66.8 Å². The van der Waals surface area contributed by atoms with Crippen molar-refractivity contribution < 1.29 is 19.4 Å². The molecule has 94 valence electrons. The van der Waals surface area contributed by atoms with Gasteiger partial charge in [0, 0.05) is 32.7 Å². The summed E-state index contributed by atoms with van der Waals surface area (Å²) in [6, 6.07) is 0. The second-order valence-electron chi connectivity index (χ2n) is 5.42. The molecule has 2 saturated heterocycles. The van der Waals surface area contributed by atoms with Gasteiger partial charge in [-0.05, 0) is 24.2 Å². The average Bonchev–Trinajstić information content (AvgIpc) is 2.73. The van der Waals surface area contributed by atoms with Gasteiger partial charge in [-0.3, -0.25) is 9.59 Å². The highest BCUT2D eigenvalue weighted by molar-refractivity contribution is 5.79. The highest BCUT2D eigenvalue weighted by atomic mass is 16.5. The lowest BCUT2D eigenvalue weighted by atomic mass is 10.0. The van der Waals surface area contributed by atoms with Gasteiger partial charge in [0.15, 0.2) is 0 Å². The maximum Gasteiger partial charge on any atom is 0.307 e. The molecule has 1 saturated carbocycles. The zero-order chi connectivity index (χ0) is 12.0. The fourth-order valence-corrected chi connectivity index (χ4v) is 3.22. The Morgan fingerprint density at radius 2 is 2.00 bits per heavy atom. The number of rotatable bonds is 3. The smallest absolute Gasteiger partial charge is 0.307 e. The Labute approximate surface area is 99.7 Å². The largest absolute Gasteiger partial charge is 0.481 e. The molecule has 0 radical (unpaired) electrons. The van der Waals surface area contributed by atoms with Gasteiger partial charge in [-0.15, -0.1) is 0 Å². The molecule has 3 fully saturated rings. The number of hydrogen-bond donors (Lipinski definition) is 1.